The maximum absolute atomic E-state index is 12.5. The Morgan fingerprint density at radius 3 is 2.65 bits per heavy atom. The fourth-order valence-electron chi connectivity index (χ4n) is 1.74. The van der Waals surface area contributed by atoms with E-state index in [0.29, 0.717) is 5.69 Å². The van der Waals surface area contributed by atoms with Crippen molar-refractivity contribution in [2.45, 2.75) is 32.0 Å². The highest BCUT2D eigenvalue weighted by molar-refractivity contribution is 5.67. The highest BCUT2D eigenvalue weighted by Gasteiger charge is 2.39. The molecule has 1 aromatic rings. The molecule has 0 unspecified atom stereocenters. The smallest absolute Gasteiger partial charge is 0.396 e. The zero-order chi connectivity index (χ0) is 12.6. The molecule has 0 spiro atoms. The molecule has 2 rings (SSSR count). The first-order valence-electron chi connectivity index (χ1n) is 5.43. The van der Waals surface area contributed by atoms with Crippen molar-refractivity contribution in [3.63, 3.8) is 0 Å². The van der Waals surface area contributed by atoms with Crippen LogP contribution >= 0.6 is 0 Å². The van der Waals surface area contributed by atoms with Crippen LogP contribution in [0.4, 0.5) is 24.7 Å². The van der Waals surface area contributed by atoms with Gasteiger partial charge in [0.1, 0.15) is 6.54 Å². The van der Waals surface area contributed by atoms with Gasteiger partial charge >= 0.3 is 6.18 Å². The molecule has 6 heteroatoms. The monoisotopic (exact) mass is 245 g/mol. The van der Waals surface area contributed by atoms with Gasteiger partial charge in [-0.1, -0.05) is 0 Å². The van der Waals surface area contributed by atoms with Crippen LogP contribution in [0.25, 0.3) is 0 Å². The zero-order valence-electron chi connectivity index (χ0n) is 9.46. The molecule has 0 bridgehead atoms. The molecular weight excluding hydrogens is 231 g/mol. The summed E-state index contributed by atoms with van der Waals surface area (Å²) in [6.45, 7) is 0.775. The molecular formula is C11H14F3N3. The van der Waals surface area contributed by atoms with Crippen molar-refractivity contribution < 1.29 is 13.2 Å². The number of alkyl halides is 3. The van der Waals surface area contributed by atoms with E-state index in [1.165, 1.54) is 11.1 Å². The van der Waals surface area contributed by atoms with Gasteiger partial charge < -0.3 is 10.6 Å². The fourth-order valence-corrected chi connectivity index (χ4v) is 1.74. The number of nitrogens with two attached hydrogens (primary N) is 1. The highest BCUT2D eigenvalue weighted by atomic mass is 19.4. The fraction of sp³-hybridized carbons (Fsp3) is 0.545. The van der Waals surface area contributed by atoms with Gasteiger partial charge in [0.15, 0.2) is 5.82 Å². The number of hydrogen-bond donors (Lipinski definition) is 1. The summed E-state index contributed by atoms with van der Waals surface area (Å²) < 4.78 is 37.5. The zero-order valence-corrected chi connectivity index (χ0v) is 9.46. The summed E-state index contributed by atoms with van der Waals surface area (Å²) in [7, 11) is 0. The van der Waals surface area contributed by atoms with Gasteiger partial charge in [0.25, 0.3) is 0 Å². The third-order valence-corrected chi connectivity index (χ3v) is 2.80. The molecule has 0 atom stereocenters. The Morgan fingerprint density at radius 2 is 2.12 bits per heavy atom. The minimum absolute atomic E-state index is 0.0757. The van der Waals surface area contributed by atoms with E-state index in [0.717, 1.165) is 18.4 Å². The average molecular weight is 245 g/mol. The third kappa shape index (κ3) is 2.81. The molecule has 1 saturated carbocycles. The lowest BCUT2D eigenvalue weighted by molar-refractivity contribution is -0.120. The van der Waals surface area contributed by atoms with Crippen LogP contribution in [-0.2, 0) is 0 Å². The van der Waals surface area contributed by atoms with Crippen LogP contribution in [0.3, 0.4) is 0 Å². The van der Waals surface area contributed by atoms with E-state index in [1.54, 1.807) is 13.0 Å². The molecule has 1 aliphatic carbocycles. The summed E-state index contributed by atoms with van der Waals surface area (Å²) in [5.41, 5.74) is 6.89. The molecule has 0 amide bonds. The van der Waals surface area contributed by atoms with Gasteiger partial charge in [-0.2, -0.15) is 13.2 Å². The normalized spacial score (nSPS) is 16.0. The van der Waals surface area contributed by atoms with Crippen LogP contribution in [-0.4, -0.2) is 23.7 Å². The summed E-state index contributed by atoms with van der Waals surface area (Å²) in [5.74, 6) is 0.254. The largest absolute Gasteiger partial charge is 0.405 e. The van der Waals surface area contributed by atoms with E-state index in [2.05, 4.69) is 4.98 Å². The number of anilines is 2. The van der Waals surface area contributed by atoms with Gasteiger partial charge in [0.05, 0.1) is 5.69 Å². The number of rotatable bonds is 3. The lowest BCUT2D eigenvalue weighted by atomic mass is 10.2. The van der Waals surface area contributed by atoms with Gasteiger partial charge in [0.2, 0.25) is 0 Å². The summed E-state index contributed by atoms with van der Waals surface area (Å²) in [6.07, 6.45) is -1.20. The molecule has 17 heavy (non-hydrogen) atoms. The summed E-state index contributed by atoms with van der Waals surface area (Å²) in [6, 6.07) is 1.62. The van der Waals surface area contributed by atoms with E-state index in [4.69, 9.17) is 5.73 Å². The van der Waals surface area contributed by atoms with Crippen molar-refractivity contribution >= 4 is 11.5 Å². The second kappa shape index (κ2) is 4.09. The van der Waals surface area contributed by atoms with Crippen molar-refractivity contribution in [2.24, 2.45) is 0 Å². The molecule has 1 aromatic heterocycles. The Labute approximate surface area is 97.4 Å². The first-order valence-corrected chi connectivity index (χ1v) is 5.43. The maximum Gasteiger partial charge on any atom is 0.405 e. The third-order valence-electron chi connectivity index (χ3n) is 2.80. The first kappa shape index (κ1) is 12.0. The number of nitrogens with zero attached hydrogens (tertiary/aromatic N) is 2. The SMILES string of the molecule is Cc1ccnc(N(CC(F)(F)F)C2CC2)c1N. The number of pyridine rings is 1. The van der Waals surface area contributed by atoms with Gasteiger partial charge in [-0.15, -0.1) is 0 Å². The summed E-state index contributed by atoms with van der Waals surface area (Å²) in [5, 5.41) is 0. The predicted octanol–water partition coefficient (Wildman–Crippen LogP) is 2.50. The first-order chi connectivity index (χ1) is 7.88. The second-order valence-corrected chi connectivity index (χ2v) is 4.34. The van der Waals surface area contributed by atoms with E-state index >= 15 is 0 Å². The van der Waals surface area contributed by atoms with Gasteiger partial charge in [-0.05, 0) is 31.4 Å². The molecule has 0 radical (unpaired) electrons. The Kier molecular flexibility index (Phi) is 2.89. The molecule has 3 nitrogen and oxygen atoms in total. The quantitative estimate of drug-likeness (QED) is 0.889. The van der Waals surface area contributed by atoms with Crippen molar-refractivity contribution in [1.82, 2.24) is 4.98 Å². The Bertz CT molecular complexity index is 413. The Morgan fingerprint density at radius 1 is 1.47 bits per heavy atom. The minimum atomic E-state index is -4.24. The molecule has 0 aliphatic heterocycles. The molecule has 2 N–H and O–H groups in total. The van der Waals surface area contributed by atoms with E-state index in [1.807, 2.05) is 0 Å². The van der Waals surface area contributed by atoms with Crippen LogP contribution in [0.15, 0.2) is 12.3 Å². The molecule has 1 aliphatic rings. The van der Waals surface area contributed by atoms with E-state index in [-0.39, 0.29) is 11.9 Å². The van der Waals surface area contributed by atoms with Crippen molar-refractivity contribution in [3.05, 3.63) is 17.8 Å². The Hall–Kier alpha value is -1.46. The maximum atomic E-state index is 12.5. The minimum Gasteiger partial charge on any atom is -0.396 e. The highest BCUT2D eigenvalue weighted by Crippen LogP contribution is 2.36. The number of aromatic nitrogens is 1. The molecule has 1 fully saturated rings. The molecule has 0 aromatic carbocycles. The van der Waals surface area contributed by atoms with Gasteiger partial charge in [-0.3, -0.25) is 0 Å². The topological polar surface area (TPSA) is 42.2 Å². The second-order valence-electron chi connectivity index (χ2n) is 4.34. The van der Waals surface area contributed by atoms with Crippen molar-refractivity contribution in [2.75, 3.05) is 17.2 Å². The lowest BCUT2D eigenvalue weighted by Crippen LogP contribution is -2.37. The van der Waals surface area contributed by atoms with E-state index < -0.39 is 12.7 Å². The van der Waals surface area contributed by atoms with Crippen LogP contribution in [0.1, 0.15) is 18.4 Å². The van der Waals surface area contributed by atoms with E-state index in [9.17, 15) is 13.2 Å². The summed E-state index contributed by atoms with van der Waals surface area (Å²) in [4.78, 5) is 5.25. The predicted molar refractivity (Wildman–Crippen MR) is 59.8 cm³/mol. The Balaban J connectivity index is 2.29. The van der Waals surface area contributed by atoms with Gasteiger partial charge in [-0.25, -0.2) is 4.98 Å². The number of halogens is 3. The molecule has 94 valence electrons. The molecule has 1 heterocycles. The van der Waals surface area contributed by atoms with Crippen LogP contribution in [0.2, 0.25) is 0 Å². The number of nitrogen functional groups attached to an aromatic ring is 1. The van der Waals surface area contributed by atoms with Crippen LogP contribution < -0.4 is 10.6 Å². The molecule has 0 saturated heterocycles. The summed E-state index contributed by atoms with van der Waals surface area (Å²) >= 11 is 0. The van der Waals surface area contributed by atoms with Crippen LogP contribution in [0.5, 0.6) is 0 Å². The van der Waals surface area contributed by atoms with Crippen molar-refractivity contribution in [1.29, 1.82) is 0 Å². The van der Waals surface area contributed by atoms with Crippen molar-refractivity contribution in [3.8, 4) is 0 Å². The standard InChI is InChI=1S/C11H14F3N3/c1-7-4-5-16-10(9(7)15)17(8-2-3-8)6-11(12,13)14/h4-5,8H,2-3,6,15H2,1H3. The number of hydrogen-bond acceptors (Lipinski definition) is 3. The number of aryl methyl sites for hydroxylation is 1. The van der Waals surface area contributed by atoms with Gasteiger partial charge in [0, 0.05) is 12.2 Å². The van der Waals surface area contributed by atoms with Crippen LogP contribution in [0, 0.1) is 6.92 Å². The lowest BCUT2D eigenvalue weighted by Gasteiger charge is -2.26. The average Bonchev–Trinajstić information content (AvgIpc) is 3.01.